The molecule has 2 rings (SSSR count). The largest absolute Gasteiger partial charge is 0.310 e. The van der Waals surface area contributed by atoms with Crippen LogP contribution in [0.15, 0.2) is 44.8 Å². The van der Waals surface area contributed by atoms with Crippen LogP contribution in [0.1, 0.15) is 31.9 Å². The Balaban J connectivity index is 2.25. The van der Waals surface area contributed by atoms with Crippen LogP contribution in [0, 0.1) is 5.82 Å². The molecule has 0 saturated heterocycles. The Hall–Kier alpha value is -0.840. The van der Waals surface area contributed by atoms with Crippen molar-refractivity contribution in [3.63, 3.8) is 0 Å². The maximum Gasteiger partial charge on any atom is 0.137 e. The predicted octanol–water partition coefficient (Wildman–Crippen LogP) is 5.10. The summed E-state index contributed by atoms with van der Waals surface area (Å²) in [5.41, 5.74) is 1.03. The zero-order valence-electron chi connectivity index (χ0n) is 11.2. The lowest BCUT2D eigenvalue weighted by molar-refractivity contribution is 0.543. The first kappa shape index (κ1) is 14.6. The van der Waals surface area contributed by atoms with Gasteiger partial charge < -0.3 is 5.32 Å². The van der Waals surface area contributed by atoms with Crippen LogP contribution in [0.4, 0.5) is 4.39 Å². The van der Waals surface area contributed by atoms with Gasteiger partial charge >= 0.3 is 0 Å². The molecule has 2 aromatic rings. The number of thiophene rings is 1. The van der Waals surface area contributed by atoms with Gasteiger partial charge in [-0.2, -0.15) is 0 Å². The van der Waals surface area contributed by atoms with E-state index >= 15 is 0 Å². The highest BCUT2D eigenvalue weighted by atomic mass is 32.2. The Labute approximate surface area is 122 Å². The van der Waals surface area contributed by atoms with E-state index in [0.717, 1.165) is 27.6 Å². The third kappa shape index (κ3) is 3.81. The summed E-state index contributed by atoms with van der Waals surface area (Å²) < 4.78 is 15.2. The number of hydrogen-bond acceptors (Lipinski definition) is 3. The van der Waals surface area contributed by atoms with Gasteiger partial charge in [0.15, 0.2) is 0 Å². The van der Waals surface area contributed by atoms with Gasteiger partial charge in [0, 0.05) is 6.04 Å². The molecule has 1 unspecified atom stereocenters. The van der Waals surface area contributed by atoms with Crippen molar-refractivity contribution in [3.05, 3.63) is 47.1 Å². The summed E-state index contributed by atoms with van der Waals surface area (Å²) >= 11 is 3.15. The van der Waals surface area contributed by atoms with Crippen LogP contribution < -0.4 is 5.32 Å². The van der Waals surface area contributed by atoms with Crippen molar-refractivity contribution in [2.24, 2.45) is 0 Å². The van der Waals surface area contributed by atoms with Gasteiger partial charge in [-0.3, -0.25) is 0 Å². The second-order valence-corrected chi connectivity index (χ2v) is 6.63. The Morgan fingerprint density at radius 2 is 2.16 bits per heavy atom. The second kappa shape index (κ2) is 7.08. The van der Waals surface area contributed by atoms with Gasteiger partial charge in [0.25, 0.3) is 0 Å². The van der Waals surface area contributed by atoms with Gasteiger partial charge in [-0.05, 0) is 43.0 Å². The average molecular weight is 295 g/mol. The smallest absolute Gasteiger partial charge is 0.137 e. The van der Waals surface area contributed by atoms with E-state index in [0.29, 0.717) is 0 Å². The highest BCUT2D eigenvalue weighted by molar-refractivity contribution is 8.01. The normalized spacial score (nSPS) is 12.6. The standard InChI is InChI=1S/C15H18FNS2/c1-3-9-17-11(2)12-6-4-7-13(16)15(12)19-14-8-5-10-18-14/h4-8,10-11,17H,3,9H2,1-2H3. The minimum Gasteiger partial charge on any atom is -0.310 e. The first-order chi connectivity index (χ1) is 9.22. The van der Waals surface area contributed by atoms with Crippen LogP contribution in [-0.4, -0.2) is 6.54 Å². The molecule has 4 heteroatoms. The Kier molecular flexibility index (Phi) is 5.43. The highest BCUT2D eigenvalue weighted by Crippen LogP contribution is 2.37. The van der Waals surface area contributed by atoms with Crippen molar-refractivity contribution in [2.45, 2.75) is 35.4 Å². The fraction of sp³-hybridized carbons (Fsp3) is 0.333. The van der Waals surface area contributed by atoms with Crippen molar-refractivity contribution in [2.75, 3.05) is 6.54 Å². The fourth-order valence-corrected chi connectivity index (χ4v) is 3.80. The van der Waals surface area contributed by atoms with Crippen molar-refractivity contribution in [1.29, 1.82) is 0 Å². The summed E-state index contributed by atoms with van der Waals surface area (Å²) in [6.07, 6.45) is 1.08. The quantitative estimate of drug-likeness (QED) is 0.795. The summed E-state index contributed by atoms with van der Waals surface area (Å²) in [5.74, 6) is -0.138. The molecule has 0 aliphatic heterocycles. The van der Waals surface area contributed by atoms with Crippen LogP contribution in [0.5, 0.6) is 0 Å². The summed E-state index contributed by atoms with van der Waals surface area (Å²) in [5, 5.41) is 5.43. The van der Waals surface area contributed by atoms with Gasteiger partial charge in [-0.1, -0.05) is 36.9 Å². The van der Waals surface area contributed by atoms with Crippen molar-refractivity contribution < 1.29 is 4.39 Å². The van der Waals surface area contributed by atoms with Crippen LogP contribution in [0.25, 0.3) is 0 Å². The Morgan fingerprint density at radius 1 is 1.32 bits per heavy atom. The predicted molar refractivity (Wildman–Crippen MR) is 81.6 cm³/mol. The third-order valence-corrected chi connectivity index (χ3v) is 5.03. The second-order valence-electron chi connectivity index (χ2n) is 4.37. The number of nitrogens with one attached hydrogen (secondary N) is 1. The molecule has 0 amide bonds. The molecule has 1 aromatic heterocycles. The molecule has 0 fully saturated rings. The number of benzene rings is 1. The van der Waals surface area contributed by atoms with Crippen molar-refractivity contribution in [3.8, 4) is 0 Å². The maximum absolute atomic E-state index is 14.1. The van der Waals surface area contributed by atoms with E-state index in [9.17, 15) is 4.39 Å². The van der Waals surface area contributed by atoms with Crippen LogP contribution in [0.3, 0.4) is 0 Å². The van der Waals surface area contributed by atoms with Gasteiger partial charge in [-0.15, -0.1) is 11.3 Å². The van der Waals surface area contributed by atoms with Gasteiger partial charge in [0.05, 0.1) is 9.10 Å². The summed E-state index contributed by atoms with van der Waals surface area (Å²) in [7, 11) is 0. The summed E-state index contributed by atoms with van der Waals surface area (Å²) in [6.45, 7) is 5.16. The molecule has 1 aromatic carbocycles. The average Bonchev–Trinajstić information content (AvgIpc) is 2.91. The summed E-state index contributed by atoms with van der Waals surface area (Å²) in [4.78, 5) is 0.737. The first-order valence-corrected chi connectivity index (χ1v) is 8.15. The Morgan fingerprint density at radius 3 is 2.84 bits per heavy atom. The lowest BCUT2D eigenvalue weighted by Gasteiger charge is -2.17. The van der Waals surface area contributed by atoms with Crippen LogP contribution in [0.2, 0.25) is 0 Å². The van der Waals surface area contributed by atoms with E-state index in [1.54, 1.807) is 17.4 Å². The minimum absolute atomic E-state index is 0.138. The number of halogens is 1. The van der Waals surface area contributed by atoms with Crippen molar-refractivity contribution in [1.82, 2.24) is 5.32 Å². The first-order valence-electron chi connectivity index (χ1n) is 6.45. The molecule has 0 bridgehead atoms. The topological polar surface area (TPSA) is 12.0 Å². The van der Waals surface area contributed by atoms with E-state index in [1.807, 2.05) is 23.6 Å². The molecule has 1 heterocycles. The molecule has 0 saturated carbocycles. The van der Waals surface area contributed by atoms with Crippen LogP contribution >= 0.6 is 23.1 Å². The minimum atomic E-state index is -0.138. The molecule has 102 valence electrons. The lowest BCUT2D eigenvalue weighted by atomic mass is 10.1. The lowest BCUT2D eigenvalue weighted by Crippen LogP contribution is -2.20. The van der Waals surface area contributed by atoms with Crippen LogP contribution in [-0.2, 0) is 0 Å². The third-order valence-electron chi connectivity index (χ3n) is 2.86. The zero-order chi connectivity index (χ0) is 13.7. The van der Waals surface area contributed by atoms with E-state index in [2.05, 4.69) is 19.2 Å². The SMILES string of the molecule is CCCNC(C)c1cccc(F)c1Sc1cccs1. The molecular formula is C15H18FNS2. The van der Waals surface area contributed by atoms with Gasteiger partial charge in [0.2, 0.25) is 0 Å². The monoisotopic (exact) mass is 295 g/mol. The maximum atomic E-state index is 14.1. The van der Waals surface area contributed by atoms with E-state index in [1.165, 1.54) is 17.8 Å². The molecule has 0 aliphatic rings. The molecule has 1 atom stereocenters. The molecule has 1 N–H and O–H groups in total. The molecular weight excluding hydrogens is 277 g/mol. The van der Waals surface area contributed by atoms with E-state index in [-0.39, 0.29) is 11.9 Å². The van der Waals surface area contributed by atoms with Crippen molar-refractivity contribution >= 4 is 23.1 Å². The molecule has 0 spiro atoms. The highest BCUT2D eigenvalue weighted by Gasteiger charge is 2.15. The zero-order valence-corrected chi connectivity index (χ0v) is 12.8. The Bertz CT molecular complexity index is 511. The molecule has 1 nitrogen and oxygen atoms in total. The van der Waals surface area contributed by atoms with E-state index in [4.69, 9.17) is 0 Å². The number of hydrogen-bond donors (Lipinski definition) is 1. The van der Waals surface area contributed by atoms with Gasteiger partial charge in [0.1, 0.15) is 5.82 Å². The van der Waals surface area contributed by atoms with E-state index < -0.39 is 0 Å². The molecule has 19 heavy (non-hydrogen) atoms. The molecule has 0 aliphatic carbocycles. The fourth-order valence-electron chi connectivity index (χ4n) is 1.87. The molecule has 0 radical (unpaired) electrons. The number of rotatable bonds is 6. The summed E-state index contributed by atoms with van der Waals surface area (Å²) in [6, 6.07) is 9.51. The van der Waals surface area contributed by atoms with Gasteiger partial charge in [-0.25, -0.2) is 4.39 Å².